The highest BCUT2D eigenvalue weighted by molar-refractivity contribution is 6.33. The van der Waals surface area contributed by atoms with Crippen molar-refractivity contribution < 1.29 is 14.0 Å². The number of halogens is 2. The highest BCUT2D eigenvalue weighted by atomic mass is 35.5. The van der Waals surface area contributed by atoms with Crippen molar-refractivity contribution in [3.8, 4) is 22.4 Å². The number of carbonyl (C=O) groups is 2. The number of amides is 1. The summed E-state index contributed by atoms with van der Waals surface area (Å²) >= 11 is 12.6. The largest absolute Gasteiger partial charge is 0.434 e. The molecule has 5 nitrogen and oxygen atoms in total. The van der Waals surface area contributed by atoms with Crippen molar-refractivity contribution in [2.24, 2.45) is 11.7 Å². The number of furan rings is 1. The lowest BCUT2D eigenvalue weighted by Crippen LogP contribution is -2.16. The lowest BCUT2D eigenvalue weighted by Gasteiger charge is -2.11. The standard InChI is InChI=1S/C25H20Cl2N2O3/c1-13(2)23(31)24-18(12-21(28)30)19-11-17(14-7-9-15(26)10-8-14)22(29-25(19)32-24)16-5-3-4-6-20(16)27/h3-11,13H,12H2,1-2H3,(H2,28,30). The van der Waals surface area contributed by atoms with E-state index in [0.29, 0.717) is 32.3 Å². The van der Waals surface area contributed by atoms with Gasteiger partial charge in [-0.25, -0.2) is 4.98 Å². The number of hydrogen-bond donors (Lipinski definition) is 1. The van der Waals surface area contributed by atoms with Gasteiger partial charge in [0.25, 0.3) is 0 Å². The molecule has 0 aliphatic rings. The molecule has 0 bridgehead atoms. The number of pyridine rings is 1. The van der Waals surface area contributed by atoms with Crippen LogP contribution in [0.5, 0.6) is 0 Å². The van der Waals surface area contributed by atoms with E-state index in [1.54, 1.807) is 32.0 Å². The zero-order valence-electron chi connectivity index (χ0n) is 17.5. The van der Waals surface area contributed by atoms with E-state index < -0.39 is 5.91 Å². The summed E-state index contributed by atoms with van der Waals surface area (Å²) in [6, 6.07) is 16.5. The molecule has 0 unspecified atom stereocenters. The summed E-state index contributed by atoms with van der Waals surface area (Å²) in [4.78, 5) is 29.4. The van der Waals surface area contributed by atoms with Crippen molar-refractivity contribution in [3.05, 3.63) is 76.0 Å². The van der Waals surface area contributed by atoms with Crippen LogP contribution in [0.1, 0.15) is 30.0 Å². The first-order chi connectivity index (χ1) is 15.3. The topological polar surface area (TPSA) is 86.2 Å². The van der Waals surface area contributed by atoms with E-state index in [4.69, 9.17) is 38.3 Å². The number of rotatable bonds is 6. The number of ketones is 1. The number of fused-ring (bicyclic) bond motifs is 1. The summed E-state index contributed by atoms with van der Waals surface area (Å²) in [5, 5.41) is 1.69. The van der Waals surface area contributed by atoms with Gasteiger partial charge in [0.2, 0.25) is 17.4 Å². The SMILES string of the molecule is CC(C)C(=O)c1oc2nc(-c3ccccc3Cl)c(-c3ccc(Cl)cc3)cc2c1CC(N)=O. The molecule has 0 atom stereocenters. The summed E-state index contributed by atoms with van der Waals surface area (Å²) in [7, 11) is 0. The van der Waals surface area contributed by atoms with E-state index in [1.165, 1.54) is 0 Å². The molecular weight excluding hydrogens is 447 g/mol. The number of nitrogens with zero attached hydrogens (tertiary/aromatic N) is 1. The molecule has 2 heterocycles. The Kier molecular flexibility index (Phi) is 6.04. The van der Waals surface area contributed by atoms with E-state index in [-0.39, 0.29) is 29.6 Å². The number of aromatic nitrogens is 1. The van der Waals surface area contributed by atoms with Gasteiger partial charge in [0, 0.05) is 38.0 Å². The number of Topliss-reactive ketones (excluding diaryl/α,β-unsaturated/α-hetero) is 1. The molecule has 0 radical (unpaired) electrons. The molecule has 162 valence electrons. The first kappa shape index (κ1) is 22.1. The average Bonchev–Trinajstić information content (AvgIpc) is 3.10. The smallest absolute Gasteiger partial charge is 0.227 e. The zero-order chi connectivity index (χ0) is 23.0. The lowest BCUT2D eigenvalue weighted by atomic mass is 9.95. The van der Waals surface area contributed by atoms with Gasteiger partial charge in [-0.1, -0.05) is 67.4 Å². The van der Waals surface area contributed by atoms with Crippen molar-refractivity contribution in [1.82, 2.24) is 4.98 Å². The number of hydrogen-bond acceptors (Lipinski definition) is 4. The third-order valence-corrected chi connectivity index (χ3v) is 5.75. The third-order valence-electron chi connectivity index (χ3n) is 5.17. The minimum absolute atomic E-state index is 0.111. The van der Waals surface area contributed by atoms with Gasteiger partial charge in [0.15, 0.2) is 5.76 Å². The molecule has 2 N–H and O–H groups in total. The maximum atomic E-state index is 12.8. The Balaban J connectivity index is 2.07. The maximum absolute atomic E-state index is 12.8. The fraction of sp³-hybridized carbons (Fsp3) is 0.160. The van der Waals surface area contributed by atoms with Crippen LogP contribution in [0.2, 0.25) is 10.0 Å². The molecule has 0 saturated carbocycles. The summed E-state index contributed by atoms with van der Waals surface area (Å²) in [6.07, 6.45) is -0.131. The average molecular weight is 467 g/mol. The van der Waals surface area contributed by atoms with Gasteiger partial charge in [0.05, 0.1) is 12.1 Å². The Morgan fingerprint density at radius 1 is 1.03 bits per heavy atom. The molecule has 0 saturated heterocycles. The molecule has 4 rings (SSSR count). The van der Waals surface area contributed by atoms with Crippen molar-refractivity contribution in [1.29, 1.82) is 0 Å². The molecule has 0 aliphatic heterocycles. The zero-order valence-corrected chi connectivity index (χ0v) is 19.0. The van der Waals surface area contributed by atoms with Gasteiger partial charge in [-0.2, -0.15) is 0 Å². The van der Waals surface area contributed by atoms with Crippen molar-refractivity contribution in [2.45, 2.75) is 20.3 Å². The molecule has 0 spiro atoms. The number of nitrogens with two attached hydrogens (primary N) is 1. The molecule has 1 amide bonds. The number of carbonyl (C=O) groups excluding carboxylic acids is 2. The van der Waals surface area contributed by atoms with Crippen LogP contribution in [-0.2, 0) is 11.2 Å². The fourth-order valence-electron chi connectivity index (χ4n) is 3.59. The fourth-order valence-corrected chi connectivity index (χ4v) is 3.94. The van der Waals surface area contributed by atoms with E-state index in [9.17, 15) is 9.59 Å². The first-order valence-corrected chi connectivity index (χ1v) is 10.8. The highest BCUT2D eigenvalue weighted by Gasteiger charge is 2.26. The highest BCUT2D eigenvalue weighted by Crippen LogP contribution is 2.39. The second-order valence-electron chi connectivity index (χ2n) is 7.80. The van der Waals surface area contributed by atoms with Gasteiger partial charge in [0.1, 0.15) is 0 Å². The molecule has 0 aliphatic carbocycles. The second kappa shape index (κ2) is 8.77. The Morgan fingerprint density at radius 2 is 1.72 bits per heavy atom. The van der Waals surface area contributed by atoms with Crippen LogP contribution >= 0.6 is 23.2 Å². The van der Waals surface area contributed by atoms with Crippen LogP contribution in [0.4, 0.5) is 0 Å². The predicted molar refractivity (Wildman–Crippen MR) is 127 cm³/mol. The summed E-state index contributed by atoms with van der Waals surface area (Å²) in [5.41, 5.74) is 9.09. The Labute approximate surface area is 195 Å². The van der Waals surface area contributed by atoms with E-state index >= 15 is 0 Å². The lowest BCUT2D eigenvalue weighted by molar-refractivity contribution is -0.117. The molecule has 32 heavy (non-hydrogen) atoms. The number of benzene rings is 2. The van der Waals surface area contributed by atoms with E-state index in [2.05, 4.69) is 0 Å². The molecule has 2 aromatic carbocycles. The first-order valence-electron chi connectivity index (χ1n) is 10.1. The second-order valence-corrected chi connectivity index (χ2v) is 8.64. The van der Waals surface area contributed by atoms with E-state index in [0.717, 1.165) is 11.1 Å². The van der Waals surface area contributed by atoms with Crippen LogP contribution in [0, 0.1) is 5.92 Å². The quantitative estimate of drug-likeness (QED) is 0.336. The van der Waals surface area contributed by atoms with E-state index in [1.807, 2.05) is 36.4 Å². The Hall–Kier alpha value is -3.15. The molecule has 2 aromatic heterocycles. The summed E-state index contributed by atoms with van der Waals surface area (Å²) in [6.45, 7) is 3.54. The maximum Gasteiger partial charge on any atom is 0.227 e. The molecule has 0 fully saturated rings. The molecule has 4 aromatic rings. The van der Waals surface area contributed by atoms with Gasteiger partial charge in [-0.15, -0.1) is 0 Å². The summed E-state index contributed by atoms with van der Waals surface area (Å²) < 4.78 is 5.90. The van der Waals surface area contributed by atoms with Gasteiger partial charge in [-0.3, -0.25) is 9.59 Å². The predicted octanol–water partition coefficient (Wildman–Crippen LogP) is 6.34. The van der Waals surface area contributed by atoms with Crippen LogP contribution in [0.15, 0.2) is 59.0 Å². The minimum Gasteiger partial charge on any atom is -0.434 e. The van der Waals surface area contributed by atoms with Crippen molar-refractivity contribution >= 4 is 46.0 Å². The monoisotopic (exact) mass is 466 g/mol. The third kappa shape index (κ3) is 4.14. The summed E-state index contributed by atoms with van der Waals surface area (Å²) in [5.74, 6) is -0.985. The van der Waals surface area contributed by atoms with Gasteiger partial charge >= 0.3 is 0 Å². The molecular formula is C25H20Cl2N2O3. The van der Waals surface area contributed by atoms with Crippen LogP contribution in [0.3, 0.4) is 0 Å². The number of primary amides is 1. The minimum atomic E-state index is -0.561. The van der Waals surface area contributed by atoms with Crippen molar-refractivity contribution in [3.63, 3.8) is 0 Å². The normalized spacial score (nSPS) is 11.3. The Bertz CT molecular complexity index is 1340. The Morgan fingerprint density at radius 3 is 2.34 bits per heavy atom. The van der Waals surface area contributed by atoms with Crippen LogP contribution in [-0.4, -0.2) is 16.7 Å². The van der Waals surface area contributed by atoms with Gasteiger partial charge < -0.3 is 10.2 Å². The van der Waals surface area contributed by atoms with Crippen molar-refractivity contribution in [2.75, 3.05) is 0 Å². The van der Waals surface area contributed by atoms with Crippen LogP contribution in [0.25, 0.3) is 33.5 Å². The van der Waals surface area contributed by atoms with Gasteiger partial charge in [-0.05, 0) is 29.8 Å². The molecule has 7 heteroatoms. The van der Waals surface area contributed by atoms with Crippen LogP contribution < -0.4 is 5.73 Å².